The Morgan fingerprint density at radius 2 is 1.90 bits per heavy atom. The Labute approximate surface area is 177 Å². The van der Waals surface area contributed by atoms with Crippen LogP contribution in [0.5, 0.6) is 0 Å². The number of aliphatic hydroxyl groups is 1. The van der Waals surface area contributed by atoms with Gasteiger partial charge in [0.25, 0.3) is 0 Å². The molecule has 2 aliphatic carbocycles. The minimum absolute atomic E-state index is 0.0983. The fourth-order valence-corrected chi connectivity index (χ4v) is 4.31. The van der Waals surface area contributed by atoms with Crippen LogP contribution in [-0.2, 0) is 15.2 Å². The number of carbonyl (C=O) groups excluding carboxylic acids is 2. The molecule has 9 heteroatoms. The Kier molecular flexibility index (Phi) is 5.15. The van der Waals surface area contributed by atoms with E-state index < -0.39 is 35.3 Å². The van der Waals surface area contributed by atoms with Gasteiger partial charge in [-0.05, 0) is 63.6 Å². The van der Waals surface area contributed by atoms with E-state index in [9.17, 15) is 27.9 Å². The summed E-state index contributed by atoms with van der Waals surface area (Å²) >= 11 is 0. The van der Waals surface area contributed by atoms with E-state index in [-0.39, 0.29) is 24.8 Å². The number of anilines is 1. The number of nitrogens with zero attached hydrogens (tertiary/aromatic N) is 2. The molecule has 1 amide bonds. The highest BCUT2D eigenvalue weighted by Crippen LogP contribution is 2.54. The standard InChI is InChI=1S/C22H26F3N3O3/c1-20(2,31)13-7-8-15-16(11-13)28(14-5-3-6-14)19(26-15)27-18(30)12-17(29)21(9-4-10-21)22(23,24)25/h7-8,11,14,31H,3-6,9-10,12H2,1-2H3,(H,26,27,30). The van der Waals surface area contributed by atoms with Crippen molar-refractivity contribution in [2.45, 2.75) is 76.6 Å². The fourth-order valence-electron chi connectivity index (χ4n) is 4.31. The molecule has 0 spiro atoms. The second-order valence-electron chi connectivity index (χ2n) is 9.23. The Balaban J connectivity index is 1.60. The van der Waals surface area contributed by atoms with Crippen LogP contribution in [0.25, 0.3) is 11.0 Å². The SMILES string of the molecule is CC(C)(O)c1ccc2nc(NC(=O)CC(=O)C3(C(F)(F)F)CCC3)n(C3CCC3)c2c1. The van der Waals surface area contributed by atoms with Crippen LogP contribution in [0.1, 0.15) is 70.4 Å². The Morgan fingerprint density at radius 3 is 2.39 bits per heavy atom. The normalized spacial score (nSPS) is 19.0. The third-order valence-corrected chi connectivity index (χ3v) is 6.69. The van der Waals surface area contributed by atoms with Crippen molar-refractivity contribution in [3.05, 3.63) is 23.8 Å². The van der Waals surface area contributed by atoms with Gasteiger partial charge in [0.15, 0.2) is 5.78 Å². The van der Waals surface area contributed by atoms with Crippen LogP contribution in [0, 0.1) is 5.41 Å². The molecular formula is C22H26F3N3O3. The van der Waals surface area contributed by atoms with Crippen molar-refractivity contribution in [2.24, 2.45) is 5.41 Å². The molecule has 2 aliphatic rings. The van der Waals surface area contributed by atoms with Crippen LogP contribution in [0.3, 0.4) is 0 Å². The fraction of sp³-hybridized carbons (Fsp3) is 0.591. The molecule has 1 heterocycles. The number of imidazole rings is 1. The van der Waals surface area contributed by atoms with E-state index in [0.29, 0.717) is 17.5 Å². The number of hydrogen-bond acceptors (Lipinski definition) is 4. The number of Topliss-reactive ketones (excluding diaryl/α,β-unsaturated/α-hetero) is 1. The predicted molar refractivity (Wildman–Crippen MR) is 108 cm³/mol. The highest BCUT2D eigenvalue weighted by atomic mass is 19.4. The van der Waals surface area contributed by atoms with Gasteiger partial charge < -0.3 is 9.67 Å². The summed E-state index contributed by atoms with van der Waals surface area (Å²) in [4.78, 5) is 29.3. The van der Waals surface area contributed by atoms with Crippen molar-refractivity contribution >= 4 is 28.7 Å². The monoisotopic (exact) mass is 437 g/mol. The number of ketones is 1. The van der Waals surface area contributed by atoms with Gasteiger partial charge in [0.05, 0.1) is 23.1 Å². The number of rotatable bonds is 6. The highest BCUT2D eigenvalue weighted by Gasteiger charge is 2.62. The summed E-state index contributed by atoms with van der Waals surface area (Å²) in [6.45, 7) is 3.34. The summed E-state index contributed by atoms with van der Waals surface area (Å²) < 4.78 is 42.0. The third kappa shape index (κ3) is 3.73. The van der Waals surface area contributed by atoms with E-state index in [1.54, 1.807) is 26.0 Å². The number of benzene rings is 1. The van der Waals surface area contributed by atoms with Gasteiger partial charge in [0.2, 0.25) is 11.9 Å². The molecular weight excluding hydrogens is 411 g/mol. The molecule has 0 radical (unpaired) electrons. The molecule has 2 saturated carbocycles. The van der Waals surface area contributed by atoms with Crippen LogP contribution in [0.2, 0.25) is 0 Å². The highest BCUT2D eigenvalue weighted by molar-refractivity contribution is 6.06. The first-order valence-electron chi connectivity index (χ1n) is 10.6. The van der Waals surface area contributed by atoms with E-state index in [2.05, 4.69) is 10.3 Å². The van der Waals surface area contributed by atoms with E-state index in [0.717, 1.165) is 24.8 Å². The number of fused-ring (bicyclic) bond motifs is 1. The largest absolute Gasteiger partial charge is 0.401 e. The molecule has 1 aromatic carbocycles. The molecule has 2 aromatic rings. The molecule has 1 aromatic heterocycles. The third-order valence-electron chi connectivity index (χ3n) is 6.69. The zero-order valence-electron chi connectivity index (χ0n) is 17.6. The van der Waals surface area contributed by atoms with Crippen molar-refractivity contribution in [2.75, 3.05) is 5.32 Å². The van der Waals surface area contributed by atoms with Gasteiger partial charge in [-0.3, -0.25) is 14.9 Å². The van der Waals surface area contributed by atoms with Crippen LogP contribution in [-0.4, -0.2) is 32.5 Å². The van der Waals surface area contributed by atoms with Gasteiger partial charge in [0, 0.05) is 6.04 Å². The first-order chi connectivity index (χ1) is 14.4. The van der Waals surface area contributed by atoms with Gasteiger partial charge >= 0.3 is 6.18 Å². The van der Waals surface area contributed by atoms with E-state index >= 15 is 0 Å². The summed E-state index contributed by atoms with van der Waals surface area (Å²) in [7, 11) is 0. The minimum atomic E-state index is -4.64. The molecule has 0 atom stereocenters. The smallest absolute Gasteiger partial charge is 0.386 e. The van der Waals surface area contributed by atoms with Gasteiger partial charge in [-0.15, -0.1) is 0 Å². The molecule has 0 unspecified atom stereocenters. The number of carbonyl (C=O) groups is 2. The van der Waals surface area contributed by atoms with Gasteiger partial charge in [-0.25, -0.2) is 4.98 Å². The van der Waals surface area contributed by atoms with Crippen LogP contribution >= 0.6 is 0 Å². The summed E-state index contributed by atoms with van der Waals surface area (Å²) in [5.74, 6) is -1.65. The molecule has 0 bridgehead atoms. The number of hydrogen-bond donors (Lipinski definition) is 2. The molecule has 0 saturated heterocycles. The first kappa shape index (κ1) is 21.8. The number of halogens is 3. The molecule has 2 N–H and O–H groups in total. The summed E-state index contributed by atoms with van der Waals surface area (Å²) in [6.07, 6.45) is -2.87. The lowest BCUT2D eigenvalue weighted by atomic mass is 9.64. The van der Waals surface area contributed by atoms with E-state index in [4.69, 9.17) is 0 Å². The average molecular weight is 437 g/mol. The Morgan fingerprint density at radius 1 is 1.23 bits per heavy atom. The van der Waals surface area contributed by atoms with Crippen molar-refractivity contribution in [3.8, 4) is 0 Å². The minimum Gasteiger partial charge on any atom is -0.386 e. The van der Waals surface area contributed by atoms with Crippen molar-refractivity contribution in [1.82, 2.24) is 9.55 Å². The van der Waals surface area contributed by atoms with Gasteiger partial charge in [0.1, 0.15) is 5.41 Å². The Bertz CT molecular complexity index is 1030. The quantitative estimate of drug-likeness (QED) is 0.646. The maximum Gasteiger partial charge on any atom is 0.401 e. The van der Waals surface area contributed by atoms with Crippen LogP contribution in [0.4, 0.5) is 19.1 Å². The average Bonchev–Trinajstić information content (AvgIpc) is 2.87. The number of amides is 1. The first-order valence-corrected chi connectivity index (χ1v) is 10.6. The zero-order valence-corrected chi connectivity index (χ0v) is 17.6. The van der Waals surface area contributed by atoms with Crippen LogP contribution < -0.4 is 5.32 Å². The topological polar surface area (TPSA) is 84.2 Å². The van der Waals surface area contributed by atoms with Gasteiger partial charge in [-0.1, -0.05) is 12.5 Å². The number of aromatic nitrogens is 2. The molecule has 168 valence electrons. The predicted octanol–water partition coefficient (Wildman–Crippen LogP) is 4.62. The second-order valence-corrected chi connectivity index (χ2v) is 9.23. The maximum absolute atomic E-state index is 13.4. The molecule has 4 rings (SSSR count). The molecule has 2 fully saturated rings. The molecule has 31 heavy (non-hydrogen) atoms. The van der Waals surface area contributed by atoms with Crippen molar-refractivity contribution in [1.29, 1.82) is 0 Å². The zero-order chi connectivity index (χ0) is 22.6. The van der Waals surface area contributed by atoms with Gasteiger partial charge in [-0.2, -0.15) is 13.2 Å². The summed E-state index contributed by atoms with van der Waals surface area (Å²) in [6, 6.07) is 5.40. The lowest BCUT2D eigenvalue weighted by molar-refractivity contribution is -0.241. The Hall–Kier alpha value is -2.42. The van der Waals surface area contributed by atoms with E-state index in [1.807, 2.05) is 10.6 Å². The molecule has 6 nitrogen and oxygen atoms in total. The lowest BCUT2D eigenvalue weighted by Crippen LogP contribution is -2.51. The second kappa shape index (κ2) is 7.32. The number of nitrogens with one attached hydrogen (secondary N) is 1. The van der Waals surface area contributed by atoms with Crippen LogP contribution in [0.15, 0.2) is 18.2 Å². The summed E-state index contributed by atoms with van der Waals surface area (Å²) in [5.41, 5.74) is -1.43. The summed E-state index contributed by atoms with van der Waals surface area (Å²) in [5, 5.41) is 12.9. The van der Waals surface area contributed by atoms with E-state index in [1.165, 1.54) is 0 Å². The molecule has 0 aliphatic heterocycles. The van der Waals surface area contributed by atoms with Crippen molar-refractivity contribution in [3.63, 3.8) is 0 Å². The number of alkyl halides is 3. The lowest BCUT2D eigenvalue weighted by Gasteiger charge is -2.41. The van der Waals surface area contributed by atoms with Crippen molar-refractivity contribution < 1.29 is 27.9 Å². The maximum atomic E-state index is 13.4.